The van der Waals surface area contributed by atoms with E-state index in [9.17, 15) is 0 Å². The van der Waals surface area contributed by atoms with E-state index >= 15 is 0 Å². The molecule has 0 N–H and O–H groups in total. The fourth-order valence-electron chi connectivity index (χ4n) is 2.00. The van der Waals surface area contributed by atoms with Gasteiger partial charge in [0, 0.05) is 11.6 Å². The highest BCUT2D eigenvalue weighted by Crippen LogP contribution is 2.24. The molecule has 1 aromatic heterocycles. The van der Waals surface area contributed by atoms with E-state index in [-0.39, 0.29) is 0 Å². The Bertz CT molecular complexity index is 785. The van der Waals surface area contributed by atoms with Crippen molar-refractivity contribution in [3.8, 4) is 23.0 Å². The van der Waals surface area contributed by atoms with Crippen LogP contribution in [0.3, 0.4) is 0 Å². The zero-order chi connectivity index (χ0) is 13.9. The molecule has 96 valence electrons. The molecule has 0 saturated carbocycles. The molecular formula is C16H10ClN3. The molecule has 0 bridgehead atoms. The van der Waals surface area contributed by atoms with Crippen molar-refractivity contribution in [2.75, 3.05) is 0 Å². The van der Waals surface area contributed by atoms with Gasteiger partial charge in [0.25, 0.3) is 0 Å². The molecule has 0 saturated heterocycles. The van der Waals surface area contributed by atoms with Crippen LogP contribution in [0, 0.1) is 11.3 Å². The van der Waals surface area contributed by atoms with Crippen LogP contribution < -0.4 is 0 Å². The first-order valence-electron chi connectivity index (χ1n) is 6.09. The van der Waals surface area contributed by atoms with Gasteiger partial charge in [-0.3, -0.25) is 0 Å². The van der Waals surface area contributed by atoms with Gasteiger partial charge in [-0.15, -0.1) is 0 Å². The summed E-state index contributed by atoms with van der Waals surface area (Å²) in [5.74, 6) is 0. The average Bonchev–Trinajstić information content (AvgIpc) is 2.90. The van der Waals surface area contributed by atoms with Crippen LogP contribution in [0.1, 0.15) is 5.56 Å². The summed E-state index contributed by atoms with van der Waals surface area (Å²) >= 11 is 6.24. The molecule has 0 aliphatic heterocycles. The molecule has 4 heteroatoms. The first kappa shape index (κ1) is 12.5. The Kier molecular flexibility index (Phi) is 3.24. The topological polar surface area (TPSA) is 41.6 Å². The summed E-state index contributed by atoms with van der Waals surface area (Å²) in [7, 11) is 0. The predicted molar refractivity (Wildman–Crippen MR) is 78.7 cm³/mol. The molecule has 0 aliphatic carbocycles. The second-order valence-corrected chi connectivity index (χ2v) is 4.68. The molecule has 3 nitrogen and oxygen atoms in total. The highest BCUT2D eigenvalue weighted by Gasteiger charge is 2.09. The van der Waals surface area contributed by atoms with Crippen LogP contribution >= 0.6 is 11.6 Å². The zero-order valence-corrected chi connectivity index (χ0v) is 11.2. The fourth-order valence-corrected chi connectivity index (χ4v) is 2.24. The van der Waals surface area contributed by atoms with E-state index in [4.69, 9.17) is 16.9 Å². The molecule has 2 aromatic carbocycles. The number of nitrogens with zero attached hydrogens (tertiary/aromatic N) is 3. The standard InChI is InChI=1S/C16H10ClN3/c17-16-10-15(13-6-2-1-3-7-13)19-20(16)14-8-4-5-12(9-14)11-18/h1-10H. The summed E-state index contributed by atoms with van der Waals surface area (Å²) in [5.41, 5.74) is 3.16. The minimum atomic E-state index is 0.513. The van der Waals surface area contributed by atoms with Crippen molar-refractivity contribution in [1.29, 1.82) is 5.26 Å². The van der Waals surface area contributed by atoms with E-state index in [2.05, 4.69) is 11.2 Å². The van der Waals surface area contributed by atoms with Gasteiger partial charge in [0.1, 0.15) is 5.15 Å². The predicted octanol–water partition coefficient (Wildman–Crippen LogP) is 4.06. The van der Waals surface area contributed by atoms with Crippen LogP contribution in [0.5, 0.6) is 0 Å². The molecule has 3 rings (SSSR count). The Hall–Kier alpha value is -2.57. The van der Waals surface area contributed by atoms with Crippen LogP contribution in [-0.4, -0.2) is 9.78 Å². The van der Waals surface area contributed by atoms with Crippen LogP contribution in [0.4, 0.5) is 0 Å². The summed E-state index contributed by atoms with van der Waals surface area (Å²) in [4.78, 5) is 0. The molecule has 0 atom stereocenters. The molecule has 0 unspecified atom stereocenters. The van der Waals surface area contributed by atoms with Crippen molar-refractivity contribution >= 4 is 11.6 Å². The van der Waals surface area contributed by atoms with Gasteiger partial charge in [0.15, 0.2) is 0 Å². The van der Waals surface area contributed by atoms with E-state index in [0.29, 0.717) is 10.7 Å². The van der Waals surface area contributed by atoms with E-state index in [1.807, 2.05) is 48.5 Å². The first-order chi connectivity index (χ1) is 9.78. The number of hydrogen-bond donors (Lipinski definition) is 0. The number of halogens is 1. The normalized spacial score (nSPS) is 10.2. The maximum Gasteiger partial charge on any atom is 0.133 e. The highest BCUT2D eigenvalue weighted by molar-refractivity contribution is 6.30. The summed E-state index contributed by atoms with van der Waals surface area (Å²) in [6.07, 6.45) is 0. The Balaban J connectivity index is 2.08. The van der Waals surface area contributed by atoms with Crippen molar-refractivity contribution in [2.24, 2.45) is 0 Å². The minimum absolute atomic E-state index is 0.513. The van der Waals surface area contributed by atoms with Crippen molar-refractivity contribution < 1.29 is 0 Å². The third-order valence-corrected chi connectivity index (χ3v) is 3.22. The SMILES string of the molecule is N#Cc1cccc(-n2nc(-c3ccccc3)cc2Cl)c1. The van der Waals surface area contributed by atoms with Crippen LogP contribution in [0.25, 0.3) is 16.9 Å². The summed E-state index contributed by atoms with van der Waals surface area (Å²) in [6, 6.07) is 20.9. The maximum absolute atomic E-state index is 8.95. The van der Waals surface area contributed by atoms with Crippen LogP contribution in [-0.2, 0) is 0 Å². The summed E-state index contributed by atoms with van der Waals surface area (Å²) in [5, 5.41) is 14.0. The van der Waals surface area contributed by atoms with E-state index < -0.39 is 0 Å². The molecule has 0 spiro atoms. The molecule has 0 amide bonds. The number of benzene rings is 2. The summed E-state index contributed by atoms with van der Waals surface area (Å²) < 4.78 is 1.63. The molecular weight excluding hydrogens is 270 g/mol. The monoisotopic (exact) mass is 279 g/mol. The number of aromatic nitrogens is 2. The third kappa shape index (κ3) is 2.29. The van der Waals surface area contributed by atoms with Gasteiger partial charge in [-0.1, -0.05) is 48.0 Å². The van der Waals surface area contributed by atoms with Crippen molar-refractivity contribution in [2.45, 2.75) is 0 Å². The lowest BCUT2D eigenvalue weighted by molar-refractivity contribution is 0.884. The lowest BCUT2D eigenvalue weighted by Gasteiger charge is -2.03. The van der Waals surface area contributed by atoms with E-state index in [1.54, 1.807) is 16.8 Å². The second kappa shape index (κ2) is 5.20. The van der Waals surface area contributed by atoms with Gasteiger partial charge in [-0.2, -0.15) is 10.4 Å². The molecule has 0 aliphatic rings. The maximum atomic E-state index is 8.95. The van der Waals surface area contributed by atoms with E-state index in [0.717, 1.165) is 16.9 Å². The van der Waals surface area contributed by atoms with Gasteiger partial charge < -0.3 is 0 Å². The number of hydrogen-bond acceptors (Lipinski definition) is 2. The average molecular weight is 280 g/mol. The summed E-state index contributed by atoms with van der Waals surface area (Å²) in [6.45, 7) is 0. The molecule has 1 heterocycles. The van der Waals surface area contributed by atoms with Gasteiger partial charge in [0.2, 0.25) is 0 Å². The second-order valence-electron chi connectivity index (χ2n) is 4.29. The Morgan fingerprint density at radius 1 is 1.00 bits per heavy atom. The van der Waals surface area contributed by atoms with Gasteiger partial charge in [-0.05, 0) is 18.2 Å². The number of nitriles is 1. The van der Waals surface area contributed by atoms with Gasteiger partial charge >= 0.3 is 0 Å². The molecule has 3 aromatic rings. The molecule has 0 fully saturated rings. The van der Waals surface area contributed by atoms with E-state index in [1.165, 1.54) is 0 Å². The largest absolute Gasteiger partial charge is 0.222 e. The van der Waals surface area contributed by atoms with Crippen molar-refractivity contribution in [1.82, 2.24) is 9.78 Å². The Morgan fingerprint density at radius 3 is 2.55 bits per heavy atom. The van der Waals surface area contributed by atoms with Gasteiger partial charge in [-0.25, -0.2) is 4.68 Å². The Labute approximate surface area is 121 Å². The van der Waals surface area contributed by atoms with Crippen LogP contribution in [0.2, 0.25) is 5.15 Å². The van der Waals surface area contributed by atoms with Crippen molar-refractivity contribution in [3.05, 3.63) is 71.4 Å². The minimum Gasteiger partial charge on any atom is -0.222 e. The Morgan fingerprint density at radius 2 is 1.80 bits per heavy atom. The number of rotatable bonds is 2. The quantitative estimate of drug-likeness (QED) is 0.710. The molecule has 0 radical (unpaired) electrons. The van der Waals surface area contributed by atoms with Crippen LogP contribution in [0.15, 0.2) is 60.7 Å². The molecule has 20 heavy (non-hydrogen) atoms. The van der Waals surface area contributed by atoms with Gasteiger partial charge in [0.05, 0.1) is 23.0 Å². The highest BCUT2D eigenvalue weighted by atomic mass is 35.5. The zero-order valence-electron chi connectivity index (χ0n) is 10.5. The lowest BCUT2D eigenvalue weighted by atomic mass is 10.2. The van der Waals surface area contributed by atoms with Crippen molar-refractivity contribution in [3.63, 3.8) is 0 Å². The third-order valence-electron chi connectivity index (χ3n) is 2.96. The lowest BCUT2D eigenvalue weighted by Crippen LogP contribution is -1.97. The fraction of sp³-hybridized carbons (Fsp3) is 0. The first-order valence-corrected chi connectivity index (χ1v) is 6.47. The smallest absolute Gasteiger partial charge is 0.133 e.